The van der Waals surface area contributed by atoms with Gasteiger partial charge in [-0.25, -0.2) is 4.39 Å². The van der Waals surface area contributed by atoms with Crippen LogP contribution in [0.5, 0.6) is 0 Å². The second kappa shape index (κ2) is 6.51. The van der Waals surface area contributed by atoms with Gasteiger partial charge in [0, 0.05) is 18.1 Å². The molecule has 0 heterocycles. The molecular weight excluding hydrogens is 329 g/mol. The van der Waals surface area contributed by atoms with Crippen molar-refractivity contribution in [1.29, 1.82) is 0 Å². The largest absolute Gasteiger partial charge is 0.298 e. The Morgan fingerprint density at radius 2 is 1.79 bits per heavy atom. The quantitative estimate of drug-likeness (QED) is 0.766. The molecule has 0 unspecified atom stereocenters. The molecule has 0 fully saturated rings. The Balaban J connectivity index is 2.03. The van der Waals surface area contributed by atoms with Gasteiger partial charge in [0.25, 0.3) is 0 Å². The molecule has 2 rings (SSSR count). The van der Waals surface area contributed by atoms with Crippen molar-refractivity contribution in [2.45, 2.75) is 13.1 Å². The Hall–Kier alpha value is -0.900. The first-order chi connectivity index (χ1) is 9.06. The van der Waals surface area contributed by atoms with Gasteiger partial charge in [-0.1, -0.05) is 35.9 Å². The molecule has 19 heavy (non-hydrogen) atoms. The van der Waals surface area contributed by atoms with E-state index in [1.54, 1.807) is 6.07 Å². The monoisotopic (exact) mass is 341 g/mol. The summed E-state index contributed by atoms with van der Waals surface area (Å²) in [6.45, 7) is 1.47. The van der Waals surface area contributed by atoms with Crippen LogP contribution in [-0.2, 0) is 13.1 Å². The third-order valence-electron chi connectivity index (χ3n) is 2.84. The van der Waals surface area contributed by atoms with Crippen LogP contribution in [0.4, 0.5) is 4.39 Å². The molecule has 100 valence electrons. The van der Waals surface area contributed by atoms with Gasteiger partial charge >= 0.3 is 0 Å². The molecular formula is C15H14BrClFN. The smallest absolute Gasteiger partial charge is 0.137 e. The summed E-state index contributed by atoms with van der Waals surface area (Å²) in [5.74, 6) is -0.225. The summed E-state index contributed by atoms with van der Waals surface area (Å²) >= 11 is 9.14. The van der Waals surface area contributed by atoms with Gasteiger partial charge in [0.2, 0.25) is 0 Å². The number of hydrogen-bond donors (Lipinski definition) is 0. The lowest BCUT2D eigenvalue weighted by atomic mass is 10.2. The number of nitrogens with zero attached hydrogens (tertiary/aromatic N) is 1. The van der Waals surface area contributed by atoms with E-state index in [-0.39, 0.29) is 5.82 Å². The Bertz CT molecular complexity index is 557. The second-order valence-corrected chi connectivity index (χ2v) is 5.74. The Labute approximate surface area is 126 Å². The minimum Gasteiger partial charge on any atom is -0.298 e. The van der Waals surface area contributed by atoms with Crippen LogP contribution >= 0.6 is 27.5 Å². The van der Waals surface area contributed by atoms with Crippen LogP contribution in [0.2, 0.25) is 5.02 Å². The zero-order chi connectivity index (χ0) is 13.8. The molecule has 0 amide bonds. The number of rotatable bonds is 4. The molecule has 4 heteroatoms. The van der Waals surface area contributed by atoms with Crippen molar-refractivity contribution < 1.29 is 4.39 Å². The Morgan fingerprint density at radius 3 is 2.47 bits per heavy atom. The van der Waals surface area contributed by atoms with Crippen molar-refractivity contribution >= 4 is 27.5 Å². The Kier molecular flexibility index (Phi) is 4.97. The zero-order valence-electron chi connectivity index (χ0n) is 10.5. The van der Waals surface area contributed by atoms with E-state index in [4.69, 9.17) is 11.6 Å². The fourth-order valence-electron chi connectivity index (χ4n) is 1.92. The predicted octanol–water partition coefficient (Wildman–Crippen LogP) is 4.87. The highest BCUT2D eigenvalue weighted by molar-refractivity contribution is 9.10. The Morgan fingerprint density at radius 1 is 1.11 bits per heavy atom. The maximum absolute atomic E-state index is 13.4. The summed E-state index contributed by atoms with van der Waals surface area (Å²) in [6.07, 6.45) is 0. The molecule has 0 aliphatic carbocycles. The average molecular weight is 343 g/mol. The lowest BCUT2D eigenvalue weighted by Crippen LogP contribution is -2.17. The van der Waals surface area contributed by atoms with E-state index < -0.39 is 0 Å². The summed E-state index contributed by atoms with van der Waals surface area (Å²) in [5, 5.41) is 0.735. The summed E-state index contributed by atoms with van der Waals surface area (Å²) in [7, 11) is 2.01. The highest BCUT2D eigenvalue weighted by atomic mass is 79.9. The van der Waals surface area contributed by atoms with Crippen molar-refractivity contribution in [1.82, 2.24) is 4.90 Å². The van der Waals surface area contributed by atoms with E-state index >= 15 is 0 Å². The number of halogens is 3. The average Bonchev–Trinajstić information content (AvgIpc) is 2.38. The minimum absolute atomic E-state index is 0.225. The zero-order valence-corrected chi connectivity index (χ0v) is 12.9. The third-order valence-corrected chi connectivity index (χ3v) is 3.98. The molecule has 0 spiro atoms. The maximum Gasteiger partial charge on any atom is 0.137 e. The SMILES string of the molecule is CN(Cc1ccc(Cl)cc1)Cc1cccc(F)c1Br. The van der Waals surface area contributed by atoms with E-state index in [0.29, 0.717) is 11.0 Å². The van der Waals surface area contributed by atoms with Crippen molar-refractivity contribution in [2.24, 2.45) is 0 Å². The van der Waals surface area contributed by atoms with E-state index in [9.17, 15) is 4.39 Å². The molecule has 0 atom stereocenters. The number of benzene rings is 2. The fourth-order valence-corrected chi connectivity index (χ4v) is 2.43. The fraction of sp³-hybridized carbons (Fsp3) is 0.200. The van der Waals surface area contributed by atoms with Crippen LogP contribution in [0.15, 0.2) is 46.9 Å². The van der Waals surface area contributed by atoms with Crippen LogP contribution in [0, 0.1) is 5.82 Å². The van der Waals surface area contributed by atoms with E-state index in [2.05, 4.69) is 20.8 Å². The molecule has 0 bridgehead atoms. The summed E-state index contributed by atoms with van der Waals surface area (Å²) in [4.78, 5) is 2.13. The predicted molar refractivity (Wildman–Crippen MR) is 80.7 cm³/mol. The van der Waals surface area contributed by atoms with Crippen molar-refractivity contribution in [3.63, 3.8) is 0 Å². The lowest BCUT2D eigenvalue weighted by molar-refractivity contribution is 0.318. The number of hydrogen-bond acceptors (Lipinski definition) is 1. The first-order valence-electron chi connectivity index (χ1n) is 5.92. The highest BCUT2D eigenvalue weighted by Crippen LogP contribution is 2.22. The van der Waals surface area contributed by atoms with E-state index in [0.717, 1.165) is 17.1 Å². The molecule has 2 aromatic carbocycles. The van der Waals surface area contributed by atoms with Crippen LogP contribution in [0.1, 0.15) is 11.1 Å². The summed E-state index contributed by atoms with van der Waals surface area (Å²) in [6, 6.07) is 12.9. The molecule has 0 aliphatic rings. The normalized spacial score (nSPS) is 11.0. The second-order valence-electron chi connectivity index (χ2n) is 4.51. The summed E-state index contributed by atoms with van der Waals surface area (Å²) in [5.41, 5.74) is 2.12. The minimum atomic E-state index is -0.225. The molecule has 0 aromatic heterocycles. The topological polar surface area (TPSA) is 3.24 Å². The molecule has 0 saturated heterocycles. The van der Waals surface area contributed by atoms with Gasteiger partial charge in [0.15, 0.2) is 0 Å². The third kappa shape index (κ3) is 4.03. The van der Waals surface area contributed by atoms with Crippen LogP contribution in [0.25, 0.3) is 0 Å². The molecule has 0 radical (unpaired) electrons. The first-order valence-corrected chi connectivity index (χ1v) is 7.09. The molecule has 0 N–H and O–H groups in total. The molecule has 1 nitrogen and oxygen atoms in total. The van der Waals surface area contributed by atoms with Crippen LogP contribution < -0.4 is 0 Å². The van der Waals surface area contributed by atoms with Gasteiger partial charge in [-0.15, -0.1) is 0 Å². The molecule has 0 aliphatic heterocycles. The molecule has 0 saturated carbocycles. The van der Waals surface area contributed by atoms with E-state index in [1.807, 2.05) is 37.4 Å². The molecule has 2 aromatic rings. The van der Waals surface area contributed by atoms with Gasteiger partial charge in [0.05, 0.1) is 4.47 Å². The van der Waals surface area contributed by atoms with Gasteiger partial charge in [-0.2, -0.15) is 0 Å². The van der Waals surface area contributed by atoms with Crippen molar-refractivity contribution in [2.75, 3.05) is 7.05 Å². The summed E-state index contributed by atoms with van der Waals surface area (Å²) < 4.78 is 14.0. The van der Waals surface area contributed by atoms with Crippen molar-refractivity contribution in [3.8, 4) is 0 Å². The van der Waals surface area contributed by atoms with Gasteiger partial charge in [-0.3, -0.25) is 4.90 Å². The first kappa shape index (κ1) is 14.5. The van der Waals surface area contributed by atoms with E-state index in [1.165, 1.54) is 11.6 Å². The van der Waals surface area contributed by atoms with Gasteiger partial charge in [-0.05, 0) is 52.3 Å². The van der Waals surface area contributed by atoms with Crippen LogP contribution in [0.3, 0.4) is 0 Å². The van der Waals surface area contributed by atoms with Crippen LogP contribution in [-0.4, -0.2) is 11.9 Å². The highest BCUT2D eigenvalue weighted by Gasteiger charge is 2.08. The van der Waals surface area contributed by atoms with Gasteiger partial charge < -0.3 is 0 Å². The maximum atomic E-state index is 13.4. The standard InChI is InChI=1S/C15H14BrClFN/c1-19(9-11-5-7-13(17)8-6-11)10-12-3-2-4-14(18)15(12)16/h2-8H,9-10H2,1H3. The van der Waals surface area contributed by atoms with Crippen molar-refractivity contribution in [3.05, 3.63) is 68.9 Å². The van der Waals surface area contributed by atoms with Gasteiger partial charge in [0.1, 0.15) is 5.82 Å². The lowest BCUT2D eigenvalue weighted by Gasteiger charge is -2.18.